The molecule has 18 heavy (non-hydrogen) atoms. The molecule has 4 heteroatoms. The fourth-order valence-corrected chi connectivity index (χ4v) is 4.23. The van der Waals surface area contributed by atoms with E-state index in [-0.39, 0.29) is 0 Å². The van der Waals surface area contributed by atoms with Crippen molar-refractivity contribution in [2.24, 2.45) is 0 Å². The number of hydrogen-bond donors (Lipinski definition) is 2. The average Bonchev–Trinajstić information content (AvgIpc) is 2.77. The Bertz CT molecular complexity index is 466. The van der Waals surface area contributed by atoms with Gasteiger partial charge in [0.05, 0.1) is 5.56 Å². The van der Waals surface area contributed by atoms with Crippen LogP contribution < -0.4 is 10.6 Å². The summed E-state index contributed by atoms with van der Waals surface area (Å²) in [7, 11) is 0. The highest BCUT2D eigenvalue weighted by molar-refractivity contribution is 7.16. The first-order valence-corrected chi connectivity index (χ1v) is 7.72. The molecule has 1 fully saturated rings. The van der Waals surface area contributed by atoms with Crippen LogP contribution in [0.5, 0.6) is 0 Å². The fraction of sp³-hybridized carbons (Fsp3) is 0.643. The van der Waals surface area contributed by atoms with Crippen molar-refractivity contribution in [1.82, 2.24) is 5.32 Å². The standard InChI is InChI=1S/C14H19N3S/c15-8-12-11-6-7-16-9-13(11)18-14(12)17-10-4-2-1-3-5-10/h10,16-17H,1-7,9H2. The van der Waals surface area contributed by atoms with Gasteiger partial charge in [0, 0.05) is 17.5 Å². The van der Waals surface area contributed by atoms with Crippen molar-refractivity contribution in [3.05, 3.63) is 16.0 Å². The van der Waals surface area contributed by atoms with E-state index in [4.69, 9.17) is 0 Å². The average molecular weight is 261 g/mol. The van der Waals surface area contributed by atoms with Crippen molar-refractivity contribution < 1.29 is 0 Å². The molecule has 1 aromatic rings. The molecule has 0 saturated heterocycles. The first-order chi connectivity index (χ1) is 8.88. The molecule has 2 heterocycles. The summed E-state index contributed by atoms with van der Waals surface area (Å²) in [6.45, 7) is 1.93. The summed E-state index contributed by atoms with van der Waals surface area (Å²) >= 11 is 1.78. The Morgan fingerprint density at radius 2 is 2.11 bits per heavy atom. The van der Waals surface area contributed by atoms with Gasteiger partial charge in [0.2, 0.25) is 0 Å². The first-order valence-electron chi connectivity index (χ1n) is 6.90. The van der Waals surface area contributed by atoms with Crippen molar-refractivity contribution in [1.29, 1.82) is 5.26 Å². The molecular formula is C14H19N3S. The summed E-state index contributed by atoms with van der Waals surface area (Å²) in [5, 5.41) is 17.5. The van der Waals surface area contributed by atoms with E-state index in [2.05, 4.69) is 16.7 Å². The van der Waals surface area contributed by atoms with E-state index in [0.29, 0.717) is 6.04 Å². The highest BCUT2D eigenvalue weighted by atomic mass is 32.1. The van der Waals surface area contributed by atoms with E-state index in [1.54, 1.807) is 11.3 Å². The number of nitrogens with one attached hydrogen (secondary N) is 2. The Hall–Kier alpha value is -1.05. The van der Waals surface area contributed by atoms with Crippen LogP contribution in [0.3, 0.4) is 0 Å². The van der Waals surface area contributed by atoms with Crippen molar-refractivity contribution in [2.45, 2.75) is 51.1 Å². The zero-order valence-corrected chi connectivity index (χ0v) is 11.4. The van der Waals surface area contributed by atoms with E-state index in [0.717, 1.165) is 30.1 Å². The van der Waals surface area contributed by atoms with Crippen LogP contribution in [0.25, 0.3) is 0 Å². The van der Waals surface area contributed by atoms with Crippen LogP contribution in [-0.4, -0.2) is 12.6 Å². The monoisotopic (exact) mass is 261 g/mol. The van der Waals surface area contributed by atoms with Crippen molar-refractivity contribution in [3.8, 4) is 6.07 Å². The maximum atomic E-state index is 9.39. The molecule has 2 aliphatic rings. The second-order valence-electron chi connectivity index (χ2n) is 5.23. The van der Waals surface area contributed by atoms with Gasteiger partial charge in [-0.25, -0.2) is 0 Å². The van der Waals surface area contributed by atoms with Crippen LogP contribution in [0.15, 0.2) is 0 Å². The van der Waals surface area contributed by atoms with Gasteiger partial charge in [0.15, 0.2) is 0 Å². The number of anilines is 1. The molecule has 3 rings (SSSR count). The smallest absolute Gasteiger partial charge is 0.107 e. The third-order valence-corrected chi connectivity index (χ3v) is 5.14. The Labute approximate surface area is 112 Å². The molecule has 1 aliphatic heterocycles. The lowest BCUT2D eigenvalue weighted by Gasteiger charge is -2.23. The molecule has 2 N–H and O–H groups in total. The van der Waals surface area contributed by atoms with Gasteiger partial charge in [-0.2, -0.15) is 5.26 Å². The zero-order chi connectivity index (χ0) is 12.4. The Balaban J connectivity index is 1.82. The third-order valence-electron chi connectivity index (χ3n) is 3.98. The predicted octanol–water partition coefficient (Wildman–Crippen LogP) is 3.01. The summed E-state index contributed by atoms with van der Waals surface area (Å²) < 4.78 is 0. The molecule has 1 aliphatic carbocycles. The molecule has 1 saturated carbocycles. The van der Waals surface area contributed by atoms with Crippen LogP contribution >= 0.6 is 11.3 Å². The quantitative estimate of drug-likeness (QED) is 0.860. The van der Waals surface area contributed by atoms with Gasteiger partial charge in [0.1, 0.15) is 11.1 Å². The largest absolute Gasteiger partial charge is 0.373 e. The SMILES string of the molecule is N#Cc1c(NC2CCCCC2)sc2c1CCNC2. The van der Waals surface area contributed by atoms with E-state index in [9.17, 15) is 5.26 Å². The van der Waals surface area contributed by atoms with Gasteiger partial charge in [-0.3, -0.25) is 0 Å². The van der Waals surface area contributed by atoms with Crippen molar-refractivity contribution >= 4 is 16.3 Å². The summed E-state index contributed by atoms with van der Waals surface area (Å²) in [5.41, 5.74) is 2.21. The van der Waals surface area contributed by atoms with Gasteiger partial charge in [-0.15, -0.1) is 11.3 Å². The molecule has 0 aromatic carbocycles. The lowest BCUT2D eigenvalue weighted by Crippen LogP contribution is -2.22. The summed E-state index contributed by atoms with van der Waals surface area (Å²) in [4.78, 5) is 1.36. The van der Waals surface area contributed by atoms with E-state index in [1.807, 2.05) is 0 Å². The molecule has 0 spiro atoms. The normalized spacial score (nSPS) is 20.2. The highest BCUT2D eigenvalue weighted by Crippen LogP contribution is 2.36. The zero-order valence-electron chi connectivity index (χ0n) is 10.6. The van der Waals surface area contributed by atoms with Gasteiger partial charge in [-0.1, -0.05) is 19.3 Å². The second kappa shape index (κ2) is 5.29. The van der Waals surface area contributed by atoms with Gasteiger partial charge in [0.25, 0.3) is 0 Å². The maximum absolute atomic E-state index is 9.39. The van der Waals surface area contributed by atoms with E-state index < -0.39 is 0 Å². The van der Waals surface area contributed by atoms with Crippen LogP contribution in [0, 0.1) is 11.3 Å². The van der Waals surface area contributed by atoms with Gasteiger partial charge < -0.3 is 10.6 Å². The molecule has 0 bridgehead atoms. The van der Waals surface area contributed by atoms with Crippen molar-refractivity contribution in [2.75, 3.05) is 11.9 Å². The molecular weight excluding hydrogens is 242 g/mol. The predicted molar refractivity (Wildman–Crippen MR) is 74.9 cm³/mol. The lowest BCUT2D eigenvalue weighted by atomic mass is 9.95. The van der Waals surface area contributed by atoms with E-state index >= 15 is 0 Å². The highest BCUT2D eigenvalue weighted by Gasteiger charge is 2.22. The molecule has 96 valence electrons. The number of nitrogens with zero attached hydrogens (tertiary/aromatic N) is 1. The summed E-state index contributed by atoms with van der Waals surface area (Å²) in [6, 6.07) is 3.00. The maximum Gasteiger partial charge on any atom is 0.107 e. The topological polar surface area (TPSA) is 47.9 Å². The lowest BCUT2D eigenvalue weighted by molar-refractivity contribution is 0.463. The van der Waals surface area contributed by atoms with Gasteiger partial charge in [-0.05, 0) is 31.4 Å². The van der Waals surface area contributed by atoms with E-state index in [1.165, 1.54) is 42.5 Å². The van der Waals surface area contributed by atoms with Crippen LogP contribution in [-0.2, 0) is 13.0 Å². The Kier molecular flexibility index (Phi) is 3.53. The Morgan fingerprint density at radius 1 is 1.28 bits per heavy atom. The number of nitriles is 1. The number of rotatable bonds is 2. The first kappa shape index (κ1) is 12.0. The molecule has 0 unspecified atom stereocenters. The summed E-state index contributed by atoms with van der Waals surface area (Å²) in [5.74, 6) is 0. The molecule has 0 amide bonds. The number of thiophene rings is 1. The second-order valence-corrected chi connectivity index (χ2v) is 6.33. The number of fused-ring (bicyclic) bond motifs is 1. The molecule has 0 atom stereocenters. The van der Waals surface area contributed by atoms with Gasteiger partial charge >= 0.3 is 0 Å². The van der Waals surface area contributed by atoms with Crippen LogP contribution in [0.2, 0.25) is 0 Å². The molecule has 3 nitrogen and oxygen atoms in total. The van der Waals surface area contributed by atoms with Crippen LogP contribution in [0.4, 0.5) is 5.00 Å². The minimum absolute atomic E-state index is 0.582. The Morgan fingerprint density at radius 3 is 2.89 bits per heavy atom. The van der Waals surface area contributed by atoms with Crippen molar-refractivity contribution in [3.63, 3.8) is 0 Å². The minimum Gasteiger partial charge on any atom is -0.373 e. The minimum atomic E-state index is 0.582. The van der Waals surface area contributed by atoms with Crippen LogP contribution in [0.1, 0.15) is 48.1 Å². The number of hydrogen-bond acceptors (Lipinski definition) is 4. The fourth-order valence-electron chi connectivity index (χ4n) is 2.99. The summed E-state index contributed by atoms with van der Waals surface area (Å²) in [6.07, 6.45) is 7.53. The molecule has 0 radical (unpaired) electrons. The third kappa shape index (κ3) is 2.25. The molecule has 1 aromatic heterocycles.